The lowest BCUT2D eigenvalue weighted by molar-refractivity contribution is -0.144. The van der Waals surface area contributed by atoms with Crippen LogP contribution in [0.4, 0.5) is 26.3 Å². The van der Waals surface area contributed by atoms with Crippen molar-refractivity contribution in [1.29, 1.82) is 0 Å². The number of alkyl halides is 6. The summed E-state index contributed by atoms with van der Waals surface area (Å²) in [6.45, 7) is 0.986. The first-order chi connectivity index (χ1) is 18.5. The van der Waals surface area contributed by atoms with Crippen molar-refractivity contribution in [1.82, 2.24) is 4.98 Å². The maximum Gasteiger partial charge on any atom is 0.434 e. The number of hydrogen-bond acceptors (Lipinski definition) is 3. The largest absolute Gasteiger partial charge is 0.461 e. The van der Waals surface area contributed by atoms with Crippen molar-refractivity contribution in [3.63, 3.8) is 0 Å². The smallest absolute Gasteiger partial charge is 0.434 e. The first-order valence-corrected chi connectivity index (χ1v) is 11.9. The normalized spacial score (nSPS) is 12.2. The third-order valence-corrected chi connectivity index (χ3v) is 6.34. The monoisotopic (exact) mass is 539 g/mol. The molecule has 0 amide bonds. The molecule has 39 heavy (non-hydrogen) atoms. The van der Waals surface area contributed by atoms with Gasteiger partial charge in [0.1, 0.15) is 0 Å². The van der Waals surface area contributed by atoms with Crippen LogP contribution in [0.3, 0.4) is 0 Å². The van der Waals surface area contributed by atoms with Crippen LogP contribution in [-0.2, 0) is 17.1 Å². The van der Waals surface area contributed by atoms with Gasteiger partial charge in [-0.25, -0.2) is 9.78 Å². The summed E-state index contributed by atoms with van der Waals surface area (Å²) in [6, 6.07) is 21.7. The van der Waals surface area contributed by atoms with Crippen molar-refractivity contribution in [2.75, 3.05) is 6.61 Å². The Labute approximate surface area is 218 Å². The van der Waals surface area contributed by atoms with Gasteiger partial charge < -0.3 is 4.74 Å². The van der Waals surface area contributed by atoms with E-state index in [9.17, 15) is 31.1 Å². The van der Waals surface area contributed by atoms with E-state index in [1.807, 2.05) is 0 Å². The SMILES string of the molecule is CCOC(=O)c1nc(C(F)(F)F)c(-c2cccc3ccccc23)c(-c2cccc3ccccc23)c1C(F)(F)F. The van der Waals surface area contributed by atoms with Crippen molar-refractivity contribution in [2.24, 2.45) is 0 Å². The quantitative estimate of drug-likeness (QED) is 0.169. The molecule has 198 valence electrons. The number of carbonyl (C=O) groups excluding carboxylic acids is 1. The lowest BCUT2D eigenvalue weighted by atomic mass is 9.84. The second kappa shape index (κ2) is 9.72. The Kier molecular flexibility index (Phi) is 6.54. The number of rotatable bonds is 4. The second-order valence-corrected chi connectivity index (χ2v) is 8.70. The number of carbonyl (C=O) groups is 1. The maximum absolute atomic E-state index is 14.9. The minimum absolute atomic E-state index is 0.100. The molecular weight excluding hydrogens is 520 g/mol. The summed E-state index contributed by atoms with van der Waals surface area (Å²) in [5.74, 6) is -1.60. The molecule has 0 atom stereocenters. The fourth-order valence-corrected chi connectivity index (χ4v) is 4.83. The summed E-state index contributed by atoms with van der Waals surface area (Å²) < 4.78 is 93.6. The maximum atomic E-state index is 14.9. The summed E-state index contributed by atoms with van der Waals surface area (Å²) >= 11 is 0. The Bertz CT molecular complexity index is 1710. The summed E-state index contributed by atoms with van der Waals surface area (Å²) in [5.41, 5.74) is -6.43. The standard InChI is InChI=1S/C30H19F6NO2/c1-2-39-28(38)26-25(29(31,32)33)23(21-15-7-11-17-9-3-5-13-19(17)21)24(27(37-26)30(34,35)36)22-16-8-12-18-10-4-6-14-20(18)22/h3-16H,2H2,1H3. The minimum atomic E-state index is -5.26. The highest BCUT2D eigenvalue weighted by molar-refractivity contribution is 6.08. The summed E-state index contributed by atoms with van der Waals surface area (Å²) in [5, 5.41) is 1.61. The topological polar surface area (TPSA) is 39.2 Å². The molecule has 0 saturated carbocycles. The van der Waals surface area contributed by atoms with Crippen LogP contribution in [0.5, 0.6) is 0 Å². The third kappa shape index (κ3) is 4.69. The van der Waals surface area contributed by atoms with Crippen LogP contribution in [0.25, 0.3) is 43.8 Å². The Morgan fingerprint density at radius 3 is 1.67 bits per heavy atom. The first kappa shape index (κ1) is 26.2. The van der Waals surface area contributed by atoms with E-state index >= 15 is 0 Å². The molecule has 9 heteroatoms. The highest BCUT2D eigenvalue weighted by Crippen LogP contribution is 2.51. The molecule has 4 aromatic carbocycles. The third-order valence-electron chi connectivity index (χ3n) is 6.34. The van der Waals surface area contributed by atoms with E-state index in [-0.39, 0.29) is 23.1 Å². The van der Waals surface area contributed by atoms with Gasteiger partial charge in [-0.2, -0.15) is 26.3 Å². The Morgan fingerprint density at radius 2 is 1.18 bits per heavy atom. The van der Waals surface area contributed by atoms with E-state index < -0.39 is 46.4 Å². The van der Waals surface area contributed by atoms with Gasteiger partial charge in [-0.1, -0.05) is 84.9 Å². The molecule has 0 spiro atoms. The van der Waals surface area contributed by atoms with Crippen molar-refractivity contribution < 1.29 is 35.9 Å². The molecule has 0 unspecified atom stereocenters. The van der Waals surface area contributed by atoms with E-state index in [1.54, 1.807) is 48.5 Å². The van der Waals surface area contributed by atoms with Gasteiger partial charge in [0.2, 0.25) is 0 Å². The Morgan fingerprint density at radius 1 is 0.692 bits per heavy atom. The lowest BCUT2D eigenvalue weighted by Gasteiger charge is -2.25. The zero-order valence-electron chi connectivity index (χ0n) is 20.3. The van der Waals surface area contributed by atoms with Gasteiger partial charge in [0.15, 0.2) is 11.4 Å². The molecule has 5 rings (SSSR count). The fourth-order valence-electron chi connectivity index (χ4n) is 4.83. The molecule has 0 bridgehead atoms. The number of esters is 1. The van der Waals surface area contributed by atoms with Crippen molar-refractivity contribution in [3.8, 4) is 22.3 Å². The van der Waals surface area contributed by atoms with E-state index in [2.05, 4.69) is 4.98 Å². The highest BCUT2D eigenvalue weighted by atomic mass is 19.4. The van der Waals surface area contributed by atoms with Gasteiger partial charge in [-0.05, 0) is 39.6 Å². The van der Waals surface area contributed by atoms with Gasteiger partial charge >= 0.3 is 18.3 Å². The molecule has 1 aromatic heterocycles. The van der Waals surface area contributed by atoms with Crippen molar-refractivity contribution >= 4 is 27.5 Å². The lowest BCUT2D eigenvalue weighted by Crippen LogP contribution is -2.23. The number of hydrogen-bond donors (Lipinski definition) is 0. The highest BCUT2D eigenvalue weighted by Gasteiger charge is 2.47. The van der Waals surface area contributed by atoms with E-state index in [4.69, 9.17) is 4.74 Å². The summed E-state index contributed by atoms with van der Waals surface area (Å²) in [4.78, 5) is 16.1. The predicted molar refractivity (Wildman–Crippen MR) is 136 cm³/mol. The number of fused-ring (bicyclic) bond motifs is 2. The molecule has 5 aromatic rings. The van der Waals surface area contributed by atoms with Gasteiger partial charge in [0.05, 0.1) is 12.2 Å². The molecule has 1 heterocycles. The van der Waals surface area contributed by atoms with Gasteiger partial charge in [0, 0.05) is 11.1 Å². The summed E-state index contributed by atoms with van der Waals surface area (Å²) in [7, 11) is 0. The van der Waals surface area contributed by atoms with E-state index in [0.717, 1.165) is 0 Å². The number of pyridine rings is 1. The van der Waals surface area contributed by atoms with Crippen LogP contribution < -0.4 is 0 Å². The molecule has 3 nitrogen and oxygen atoms in total. The van der Waals surface area contributed by atoms with Crippen LogP contribution in [0.1, 0.15) is 28.7 Å². The first-order valence-electron chi connectivity index (χ1n) is 11.9. The molecule has 0 radical (unpaired) electrons. The molecule has 0 saturated heterocycles. The van der Waals surface area contributed by atoms with E-state index in [1.165, 1.54) is 43.3 Å². The van der Waals surface area contributed by atoms with Crippen LogP contribution in [0, 0.1) is 0 Å². The van der Waals surface area contributed by atoms with Crippen LogP contribution in [0.15, 0.2) is 84.9 Å². The molecule has 0 aliphatic heterocycles. The Hall–Kier alpha value is -4.40. The van der Waals surface area contributed by atoms with Crippen molar-refractivity contribution in [3.05, 3.63) is 102 Å². The van der Waals surface area contributed by atoms with Gasteiger partial charge in [-0.3, -0.25) is 0 Å². The minimum Gasteiger partial charge on any atom is -0.461 e. The Balaban J connectivity index is 2.10. The molecule has 0 N–H and O–H groups in total. The van der Waals surface area contributed by atoms with Crippen molar-refractivity contribution in [2.45, 2.75) is 19.3 Å². The van der Waals surface area contributed by atoms with Gasteiger partial charge in [0.25, 0.3) is 0 Å². The molecule has 0 fully saturated rings. The molecule has 0 aliphatic rings. The number of nitrogens with zero attached hydrogens (tertiary/aromatic N) is 1. The average molecular weight is 539 g/mol. The van der Waals surface area contributed by atoms with Crippen LogP contribution in [0.2, 0.25) is 0 Å². The zero-order valence-corrected chi connectivity index (χ0v) is 20.3. The molecular formula is C30H19F6NO2. The summed E-state index contributed by atoms with van der Waals surface area (Å²) in [6.07, 6.45) is -10.5. The predicted octanol–water partition coefficient (Wildman–Crippen LogP) is 8.94. The second-order valence-electron chi connectivity index (χ2n) is 8.70. The average Bonchev–Trinajstić information content (AvgIpc) is 2.90. The van der Waals surface area contributed by atoms with Gasteiger partial charge in [-0.15, -0.1) is 0 Å². The fraction of sp³-hybridized carbons (Fsp3) is 0.133. The zero-order chi connectivity index (χ0) is 27.9. The van der Waals surface area contributed by atoms with Crippen LogP contribution >= 0.6 is 0 Å². The van der Waals surface area contributed by atoms with Crippen LogP contribution in [-0.4, -0.2) is 17.6 Å². The van der Waals surface area contributed by atoms with E-state index in [0.29, 0.717) is 16.2 Å². The molecule has 0 aliphatic carbocycles. The number of halogens is 6. The number of aromatic nitrogens is 1. The number of benzene rings is 4. The number of ether oxygens (including phenoxy) is 1.